The number of hydrogen-bond acceptors (Lipinski definition) is 1. The van der Waals surface area contributed by atoms with Crippen LogP contribution in [-0.2, 0) is 4.79 Å². The van der Waals surface area contributed by atoms with Crippen molar-refractivity contribution in [1.82, 2.24) is 0 Å². The van der Waals surface area contributed by atoms with E-state index in [0.29, 0.717) is 0 Å². The van der Waals surface area contributed by atoms with E-state index in [1.165, 1.54) is 0 Å². The highest BCUT2D eigenvalue weighted by molar-refractivity contribution is 5.97. The molecule has 0 aromatic heterocycles. The Hall–Kier alpha value is -0.850. The fourth-order valence-corrected chi connectivity index (χ4v) is 1.29. The number of carbonyl (C=O) groups excluding carboxylic acids is 1. The lowest BCUT2D eigenvalue weighted by molar-refractivity contribution is -0.121. The molecular weight excluding hydrogens is 136 g/mol. The third kappa shape index (κ3) is 1.28. The number of carbonyl (C=O) groups is 1. The molecule has 0 N–H and O–H groups in total. The molecule has 1 aliphatic carbocycles. The van der Waals surface area contributed by atoms with E-state index in [2.05, 4.69) is 6.58 Å². The predicted molar refractivity (Wildman–Crippen MR) is 46.3 cm³/mol. The molecule has 0 aromatic rings. The first-order valence-electron chi connectivity index (χ1n) is 3.94. The summed E-state index contributed by atoms with van der Waals surface area (Å²) < 4.78 is 0. The molecule has 0 saturated heterocycles. The second-order valence-corrected chi connectivity index (χ2v) is 3.42. The van der Waals surface area contributed by atoms with Crippen molar-refractivity contribution >= 4 is 5.78 Å². The van der Waals surface area contributed by atoms with Crippen molar-refractivity contribution in [1.29, 1.82) is 0 Å². The quantitative estimate of drug-likeness (QED) is 0.525. The summed E-state index contributed by atoms with van der Waals surface area (Å²) in [6.45, 7) is 7.75. The maximum absolute atomic E-state index is 11.4. The Morgan fingerprint density at radius 2 is 2.36 bits per heavy atom. The average Bonchev–Trinajstić information content (AvgIpc) is 1.95. The van der Waals surface area contributed by atoms with Crippen LogP contribution < -0.4 is 0 Å². The van der Waals surface area contributed by atoms with Gasteiger partial charge < -0.3 is 0 Å². The number of rotatable bonds is 1. The minimum atomic E-state index is -0.283. The maximum atomic E-state index is 11.4. The summed E-state index contributed by atoms with van der Waals surface area (Å²) in [5.41, 5.74) is 0.696. The van der Waals surface area contributed by atoms with Crippen LogP contribution in [0.15, 0.2) is 24.3 Å². The molecule has 0 aliphatic heterocycles. The molecule has 1 atom stereocenters. The first-order valence-corrected chi connectivity index (χ1v) is 3.94. The van der Waals surface area contributed by atoms with Gasteiger partial charge in [-0.2, -0.15) is 0 Å². The van der Waals surface area contributed by atoms with Gasteiger partial charge in [-0.25, -0.2) is 0 Å². The van der Waals surface area contributed by atoms with Gasteiger partial charge in [-0.1, -0.05) is 18.2 Å². The molecule has 0 fully saturated rings. The van der Waals surface area contributed by atoms with Gasteiger partial charge in [0.15, 0.2) is 5.78 Å². The smallest absolute Gasteiger partial charge is 0.165 e. The molecule has 0 unspecified atom stereocenters. The van der Waals surface area contributed by atoms with Crippen LogP contribution in [0, 0.1) is 5.41 Å². The van der Waals surface area contributed by atoms with Gasteiger partial charge in [0.05, 0.1) is 5.41 Å². The Kier molecular flexibility index (Phi) is 1.99. The van der Waals surface area contributed by atoms with Crippen molar-refractivity contribution in [3.63, 3.8) is 0 Å². The number of hydrogen-bond donors (Lipinski definition) is 0. The van der Waals surface area contributed by atoms with Crippen LogP contribution >= 0.6 is 0 Å². The first kappa shape index (κ1) is 8.25. The second kappa shape index (κ2) is 2.65. The van der Waals surface area contributed by atoms with Crippen LogP contribution in [0.4, 0.5) is 0 Å². The summed E-state index contributed by atoms with van der Waals surface area (Å²) in [5, 5.41) is 0. The molecule has 0 bridgehead atoms. The standard InChI is InChI=1S/C10H14O/c1-8(2)10(3)7-5-4-6-9(10)11/h4,6H,1,5,7H2,2-3H3/t10-/m1/s1. The first-order chi connectivity index (χ1) is 5.07. The molecule has 0 radical (unpaired) electrons. The molecule has 1 heteroatoms. The van der Waals surface area contributed by atoms with Crippen molar-refractivity contribution in [3.05, 3.63) is 24.3 Å². The van der Waals surface area contributed by atoms with E-state index in [1.54, 1.807) is 6.08 Å². The van der Waals surface area contributed by atoms with Gasteiger partial charge in [0.1, 0.15) is 0 Å². The van der Waals surface area contributed by atoms with Crippen molar-refractivity contribution in [2.75, 3.05) is 0 Å². The summed E-state index contributed by atoms with van der Waals surface area (Å²) in [4.78, 5) is 11.4. The minimum Gasteiger partial charge on any atom is -0.294 e. The fourth-order valence-electron chi connectivity index (χ4n) is 1.29. The lowest BCUT2D eigenvalue weighted by Gasteiger charge is -2.29. The average molecular weight is 150 g/mol. The topological polar surface area (TPSA) is 17.1 Å². The second-order valence-electron chi connectivity index (χ2n) is 3.42. The summed E-state index contributed by atoms with van der Waals surface area (Å²) in [7, 11) is 0. The van der Waals surface area contributed by atoms with E-state index in [1.807, 2.05) is 19.9 Å². The summed E-state index contributed by atoms with van der Waals surface area (Å²) in [5.74, 6) is 0.205. The number of ketones is 1. The highest BCUT2D eigenvalue weighted by atomic mass is 16.1. The molecule has 0 saturated carbocycles. The van der Waals surface area contributed by atoms with Crippen LogP contribution in [-0.4, -0.2) is 5.78 Å². The largest absolute Gasteiger partial charge is 0.294 e. The Morgan fingerprint density at radius 1 is 1.73 bits per heavy atom. The molecule has 0 amide bonds. The van der Waals surface area contributed by atoms with Crippen molar-refractivity contribution < 1.29 is 4.79 Å². The van der Waals surface area contributed by atoms with E-state index < -0.39 is 0 Å². The Morgan fingerprint density at radius 3 is 2.73 bits per heavy atom. The fraction of sp³-hybridized carbons (Fsp3) is 0.500. The highest BCUT2D eigenvalue weighted by Gasteiger charge is 2.32. The van der Waals surface area contributed by atoms with Crippen LogP contribution in [0.5, 0.6) is 0 Å². The third-order valence-corrected chi connectivity index (χ3v) is 2.57. The molecule has 1 aliphatic rings. The van der Waals surface area contributed by atoms with Crippen molar-refractivity contribution in [2.45, 2.75) is 26.7 Å². The Labute approximate surface area is 67.8 Å². The molecule has 0 spiro atoms. The van der Waals surface area contributed by atoms with Gasteiger partial charge in [0, 0.05) is 0 Å². The summed E-state index contributed by atoms with van der Waals surface area (Å²) in [6.07, 6.45) is 5.53. The van der Waals surface area contributed by atoms with Crippen molar-refractivity contribution in [3.8, 4) is 0 Å². The Bertz CT molecular complexity index is 225. The normalized spacial score (nSPS) is 30.5. The zero-order valence-corrected chi connectivity index (χ0v) is 7.18. The van der Waals surface area contributed by atoms with Crippen LogP contribution in [0.3, 0.4) is 0 Å². The lowest BCUT2D eigenvalue weighted by atomic mass is 9.73. The minimum absolute atomic E-state index is 0.205. The molecule has 0 heterocycles. The molecular formula is C10H14O. The third-order valence-electron chi connectivity index (χ3n) is 2.57. The predicted octanol–water partition coefficient (Wildman–Crippen LogP) is 2.49. The SMILES string of the molecule is C=C(C)[C@@]1(C)CCC=CC1=O. The summed E-state index contributed by atoms with van der Waals surface area (Å²) >= 11 is 0. The zero-order chi connectivity index (χ0) is 8.48. The van der Waals surface area contributed by atoms with Gasteiger partial charge in [-0.05, 0) is 32.8 Å². The van der Waals surface area contributed by atoms with E-state index in [0.717, 1.165) is 18.4 Å². The maximum Gasteiger partial charge on any atom is 0.165 e. The van der Waals surface area contributed by atoms with Gasteiger partial charge in [-0.15, -0.1) is 0 Å². The summed E-state index contributed by atoms with van der Waals surface area (Å²) in [6, 6.07) is 0. The molecule has 1 rings (SSSR count). The zero-order valence-electron chi connectivity index (χ0n) is 7.18. The van der Waals surface area contributed by atoms with Gasteiger partial charge in [-0.3, -0.25) is 4.79 Å². The van der Waals surface area contributed by atoms with E-state index >= 15 is 0 Å². The number of allylic oxidation sites excluding steroid dienone is 3. The Balaban J connectivity index is 2.94. The van der Waals surface area contributed by atoms with Gasteiger partial charge in [0.25, 0.3) is 0 Å². The molecule has 60 valence electrons. The van der Waals surface area contributed by atoms with E-state index in [9.17, 15) is 4.79 Å². The van der Waals surface area contributed by atoms with Gasteiger partial charge in [0.2, 0.25) is 0 Å². The van der Waals surface area contributed by atoms with Crippen LogP contribution in [0.1, 0.15) is 26.7 Å². The lowest BCUT2D eigenvalue weighted by Crippen LogP contribution is -2.29. The monoisotopic (exact) mass is 150 g/mol. The van der Waals surface area contributed by atoms with Crippen LogP contribution in [0.25, 0.3) is 0 Å². The molecule has 0 aromatic carbocycles. The molecule has 11 heavy (non-hydrogen) atoms. The molecule has 1 nitrogen and oxygen atoms in total. The van der Waals surface area contributed by atoms with E-state index in [-0.39, 0.29) is 11.2 Å². The van der Waals surface area contributed by atoms with Crippen molar-refractivity contribution in [2.24, 2.45) is 5.41 Å². The van der Waals surface area contributed by atoms with Gasteiger partial charge >= 0.3 is 0 Å². The van der Waals surface area contributed by atoms with Crippen LogP contribution in [0.2, 0.25) is 0 Å². The highest BCUT2D eigenvalue weighted by Crippen LogP contribution is 2.35. The van der Waals surface area contributed by atoms with E-state index in [4.69, 9.17) is 0 Å².